The van der Waals surface area contributed by atoms with Crippen molar-refractivity contribution in [3.05, 3.63) is 88.4 Å². The monoisotopic (exact) mass is 399 g/mol. The van der Waals surface area contributed by atoms with Crippen LogP contribution >= 0.6 is 23.2 Å². The van der Waals surface area contributed by atoms with Crippen molar-refractivity contribution in [3.8, 4) is 0 Å². The van der Waals surface area contributed by atoms with Crippen molar-refractivity contribution in [2.24, 2.45) is 0 Å². The number of hydrogen-bond acceptors (Lipinski definition) is 2. The van der Waals surface area contributed by atoms with E-state index < -0.39 is 6.03 Å². The van der Waals surface area contributed by atoms with Crippen molar-refractivity contribution in [1.82, 2.24) is 0 Å². The van der Waals surface area contributed by atoms with Crippen molar-refractivity contribution < 1.29 is 9.59 Å². The van der Waals surface area contributed by atoms with Gasteiger partial charge in [-0.25, -0.2) is 4.79 Å². The molecule has 0 fully saturated rings. The summed E-state index contributed by atoms with van der Waals surface area (Å²) in [7, 11) is 0. The van der Waals surface area contributed by atoms with Crippen LogP contribution in [0.5, 0.6) is 0 Å². The van der Waals surface area contributed by atoms with Crippen LogP contribution in [0.15, 0.2) is 72.8 Å². The maximum atomic E-state index is 12.6. The third-order valence-electron chi connectivity index (χ3n) is 3.62. The first kappa shape index (κ1) is 18.8. The first-order valence-corrected chi connectivity index (χ1v) is 8.76. The fourth-order valence-electron chi connectivity index (χ4n) is 2.34. The molecule has 27 heavy (non-hydrogen) atoms. The summed E-state index contributed by atoms with van der Waals surface area (Å²) in [5.74, 6) is -0.347. The van der Waals surface area contributed by atoms with E-state index in [1.54, 1.807) is 72.8 Å². The lowest BCUT2D eigenvalue weighted by Gasteiger charge is -2.12. The molecule has 3 N–H and O–H groups in total. The molecule has 0 saturated heterocycles. The molecule has 3 amide bonds. The Kier molecular flexibility index (Phi) is 5.96. The predicted octanol–water partition coefficient (Wildman–Crippen LogP) is 5.89. The fraction of sp³-hybridized carbons (Fsp3) is 0. The van der Waals surface area contributed by atoms with Gasteiger partial charge < -0.3 is 16.0 Å². The van der Waals surface area contributed by atoms with Gasteiger partial charge in [-0.05, 0) is 60.7 Å². The Balaban J connectivity index is 1.71. The lowest BCUT2D eigenvalue weighted by atomic mass is 10.1. The molecule has 3 rings (SSSR count). The summed E-state index contributed by atoms with van der Waals surface area (Å²) in [6, 6.07) is 19.7. The highest BCUT2D eigenvalue weighted by Crippen LogP contribution is 2.20. The molecule has 0 heterocycles. The molecule has 7 heteroatoms. The van der Waals surface area contributed by atoms with Crippen LogP contribution in [0.4, 0.5) is 21.9 Å². The number of para-hydroxylation sites is 1. The quantitative estimate of drug-likeness (QED) is 0.511. The van der Waals surface area contributed by atoms with Gasteiger partial charge in [0.1, 0.15) is 0 Å². The summed E-state index contributed by atoms with van der Waals surface area (Å²) >= 11 is 11.7. The van der Waals surface area contributed by atoms with E-state index in [4.69, 9.17) is 23.2 Å². The van der Waals surface area contributed by atoms with Crippen molar-refractivity contribution in [2.75, 3.05) is 16.0 Å². The lowest BCUT2D eigenvalue weighted by Crippen LogP contribution is -2.22. The number of rotatable bonds is 4. The normalized spacial score (nSPS) is 10.1. The number of halogens is 2. The molecule has 0 unspecified atom stereocenters. The number of anilines is 3. The smallest absolute Gasteiger partial charge is 0.322 e. The van der Waals surface area contributed by atoms with Crippen LogP contribution in [0.2, 0.25) is 10.0 Å². The van der Waals surface area contributed by atoms with Crippen LogP contribution in [0, 0.1) is 0 Å². The standard InChI is InChI=1S/C20H15Cl2N3O2/c21-13-5-9-15(10-6-13)23-19(26)17-3-1-2-4-18(17)25-20(27)24-16-11-7-14(22)8-12-16/h1-12H,(H,23,26)(H2,24,25,27). The Labute approximate surface area is 166 Å². The van der Waals surface area contributed by atoms with Gasteiger partial charge in [0.15, 0.2) is 0 Å². The third kappa shape index (κ3) is 5.23. The average Bonchev–Trinajstić information content (AvgIpc) is 2.66. The third-order valence-corrected chi connectivity index (χ3v) is 4.13. The minimum atomic E-state index is -0.468. The van der Waals surface area contributed by atoms with Gasteiger partial charge in [0, 0.05) is 21.4 Å². The summed E-state index contributed by atoms with van der Waals surface area (Å²) in [6.45, 7) is 0. The van der Waals surface area contributed by atoms with Crippen LogP contribution in [0.1, 0.15) is 10.4 Å². The Hall–Kier alpha value is -3.02. The predicted molar refractivity (Wildman–Crippen MR) is 110 cm³/mol. The van der Waals surface area contributed by atoms with Crippen molar-refractivity contribution in [3.63, 3.8) is 0 Å². The Morgan fingerprint density at radius 3 is 1.74 bits per heavy atom. The van der Waals surface area contributed by atoms with Crippen LogP contribution in [-0.4, -0.2) is 11.9 Å². The van der Waals surface area contributed by atoms with Crippen LogP contribution in [0.25, 0.3) is 0 Å². The van der Waals surface area contributed by atoms with Gasteiger partial charge in [0.25, 0.3) is 5.91 Å². The van der Waals surface area contributed by atoms with E-state index in [9.17, 15) is 9.59 Å². The zero-order chi connectivity index (χ0) is 19.2. The van der Waals surface area contributed by atoms with E-state index in [-0.39, 0.29) is 5.91 Å². The van der Waals surface area contributed by atoms with Crippen LogP contribution < -0.4 is 16.0 Å². The zero-order valence-corrected chi connectivity index (χ0v) is 15.5. The van der Waals surface area contributed by atoms with Gasteiger partial charge in [0.05, 0.1) is 11.3 Å². The average molecular weight is 400 g/mol. The second kappa shape index (κ2) is 8.58. The number of urea groups is 1. The van der Waals surface area contributed by atoms with Gasteiger partial charge in [-0.15, -0.1) is 0 Å². The molecular formula is C20H15Cl2N3O2. The highest BCUT2D eigenvalue weighted by atomic mass is 35.5. The van der Waals surface area contributed by atoms with E-state index in [0.717, 1.165) is 0 Å². The minimum Gasteiger partial charge on any atom is -0.322 e. The van der Waals surface area contributed by atoms with Gasteiger partial charge in [-0.3, -0.25) is 4.79 Å². The summed E-state index contributed by atoms with van der Waals surface area (Å²) in [5.41, 5.74) is 1.90. The van der Waals surface area contributed by atoms with Gasteiger partial charge in [-0.1, -0.05) is 35.3 Å². The topological polar surface area (TPSA) is 70.2 Å². The Morgan fingerprint density at radius 1 is 0.630 bits per heavy atom. The van der Waals surface area contributed by atoms with Gasteiger partial charge >= 0.3 is 6.03 Å². The minimum absolute atomic E-state index is 0.332. The Morgan fingerprint density at radius 2 is 1.15 bits per heavy atom. The largest absolute Gasteiger partial charge is 0.323 e. The lowest BCUT2D eigenvalue weighted by molar-refractivity contribution is 0.102. The van der Waals surface area contributed by atoms with E-state index in [2.05, 4.69) is 16.0 Å². The van der Waals surface area contributed by atoms with Crippen molar-refractivity contribution in [2.45, 2.75) is 0 Å². The second-order valence-electron chi connectivity index (χ2n) is 5.59. The number of carbonyl (C=O) groups is 2. The molecule has 5 nitrogen and oxygen atoms in total. The summed E-state index contributed by atoms with van der Waals surface area (Å²) in [4.78, 5) is 24.8. The fourth-order valence-corrected chi connectivity index (χ4v) is 2.59. The van der Waals surface area contributed by atoms with Crippen molar-refractivity contribution in [1.29, 1.82) is 0 Å². The maximum absolute atomic E-state index is 12.6. The first-order valence-electron chi connectivity index (χ1n) is 8.01. The van der Waals surface area contributed by atoms with E-state index in [1.165, 1.54) is 0 Å². The van der Waals surface area contributed by atoms with Gasteiger partial charge in [0.2, 0.25) is 0 Å². The van der Waals surface area contributed by atoms with E-state index in [1.807, 2.05) is 0 Å². The number of nitrogens with one attached hydrogen (secondary N) is 3. The van der Waals surface area contributed by atoms with Crippen LogP contribution in [0.3, 0.4) is 0 Å². The molecule has 0 aliphatic heterocycles. The number of carbonyl (C=O) groups excluding carboxylic acids is 2. The number of benzene rings is 3. The molecule has 0 spiro atoms. The van der Waals surface area contributed by atoms with Gasteiger partial charge in [-0.2, -0.15) is 0 Å². The molecule has 0 aliphatic carbocycles. The SMILES string of the molecule is O=C(Nc1ccc(Cl)cc1)Nc1ccccc1C(=O)Nc1ccc(Cl)cc1. The Bertz CT molecular complexity index is 958. The molecular weight excluding hydrogens is 385 g/mol. The number of hydrogen-bond donors (Lipinski definition) is 3. The first-order chi connectivity index (χ1) is 13.0. The molecule has 136 valence electrons. The summed E-state index contributed by atoms with van der Waals surface area (Å²) in [5, 5.41) is 9.29. The summed E-state index contributed by atoms with van der Waals surface area (Å²) < 4.78 is 0. The highest BCUT2D eigenvalue weighted by Gasteiger charge is 2.13. The molecule has 0 saturated carbocycles. The zero-order valence-electron chi connectivity index (χ0n) is 14.0. The maximum Gasteiger partial charge on any atom is 0.323 e. The van der Waals surface area contributed by atoms with Crippen LogP contribution in [-0.2, 0) is 0 Å². The highest BCUT2D eigenvalue weighted by molar-refractivity contribution is 6.31. The molecule has 0 bridgehead atoms. The summed E-state index contributed by atoms with van der Waals surface area (Å²) in [6.07, 6.45) is 0. The van der Waals surface area contributed by atoms with Crippen molar-refractivity contribution >= 4 is 52.2 Å². The molecule has 0 radical (unpaired) electrons. The second-order valence-corrected chi connectivity index (χ2v) is 6.47. The molecule has 0 atom stereocenters. The molecule has 0 aromatic heterocycles. The number of amides is 3. The molecule has 0 aliphatic rings. The molecule has 3 aromatic rings. The van der Waals surface area contributed by atoms with E-state index >= 15 is 0 Å². The van der Waals surface area contributed by atoms with E-state index in [0.29, 0.717) is 32.7 Å². The molecule has 3 aromatic carbocycles.